The summed E-state index contributed by atoms with van der Waals surface area (Å²) in [6.45, 7) is 3.47. The number of carbonyl (C=O) groups excluding carboxylic acids is 7. The third kappa shape index (κ3) is 26.5. The minimum Gasteiger partial charge on any atom is -0.396 e. The van der Waals surface area contributed by atoms with Crippen molar-refractivity contribution < 1.29 is 57.6 Å². The van der Waals surface area contributed by atoms with Gasteiger partial charge in [0, 0.05) is 85.7 Å². The summed E-state index contributed by atoms with van der Waals surface area (Å²) in [6.07, 6.45) is 2.25. The Labute approximate surface area is 377 Å². The van der Waals surface area contributed by atoms with Crippen LogP contribution in [0, 0.1) is 0 Å². The van der Waals surface area contributed by atoms with Crippen LogP contribution in [0.2, 0.25) is 0 Å². The van der Waals surface area contributed by atoms with E-state index < -0.39 is 35.8 Å². The number of amides is 5. The molecular weight excluding hydrogens is 827 g/mol. The highest BCUT2D eigenvalue weighted by Gasteiger charge is 2.29. The molecule has 0 spiro atoms. The number of hydrogen-bond acceptors (Lipinski definition) is 12. The smallest absolute Gasteiger partial charge is 0.243 e. The summed E-state index contributed by atoms with van der Waals surface area (Å²) in [6, 6.07) is 14.9. The van der Waals surface area contributed by atoms with E-state index in [1.54, 1.807) is 26.4 Å². The second kappa shape index (κ2) is 35.3. The molecule has 2 aromatic carbocycles. The highest BCUT2D eigenvalue weighted by Crippen LogP contribution is 2.12. The Balaban J connectivity index is 2.13. The van der Waals surface area contributed by atoms with Gasteiger partial charge in [-0.05, 0) is 56.1 Å². The molecular formula is C47H71N5O12. The maximum atomic E-state index is 14.0. The van der Waals surface area contributed by atoms with Crippen molar-refractivity contribution in [1.82, 2.24) is 26.6 Å². The lowest BCUT2D eigenvalue weighted by Gasteiger charge is -2.24. The predicted octanol–water partition coefficient (Wildman–Crippen LogP) is 2.30. The average molecular weight is 898 g/mol. The second-order valence-electron chi connectivity index (χ2n) is 15.3. The number of hydrogen-bond donors (Lipinski definition) is 6. The van der Waals surface area contributed by atoms with Crippen LogP contribution in [-0.2, 0) is 65.4 Å². The van der Waals surface area contributed by atoms with Crippen LogP contribution in [0.3, 0.4) is 0 Å². The van der Waals surface area contributed by atoms with Crippen molar-refractivity contribution in [2.75, 3.05) is 73.6 Å². The molecule has 0 aliphatic rings. The van der Waals surface area contributed by atoms with Crippen LogP contribution >= 0.6 is 0 Å². The van der Waals surface area contributed by atoms with Crippen molar-refractivity contribution in [3.8, 4) is 0 Å². The standard InChI is InChI=1S/C47H71N5O12/c1-61-30-32-63-28-12-25-48-43(56)23-20-41(54)39(34-36-14-6-3-7-15-36)51-46(59)22-19-38(50-45(58)18-10-5-11-27-53)47(60)52-40(35-37-16-8-4-9-17-37)42(55)21-24-44(57)49-26-13-29-64-33-31-62-2/h3-4,6-9,14-17,38-40,53H,5,10-13,18-35H2,1-2H3,(H,48,56)(H,49,57)(H,50,58)(H,51,59)(H,52,60). The van der Waals surface area contributed by atoms with Crippen LogP contribution in [0.5, 0.6) is 0 Å². The molecule has 6 N–H and O–H groups in total. The van der Waals surface area contributed by atoms with E-state index >= 15 is 0 Å². The Morgan fingerprint density at radius 1 is 0.484 bits per heavy atom. The molecule has 0 heterocycles. The maximum absolute atomic E-state index is 14.0. The predicted molar refractivity (Wildman–Crippen MR) is 240 cm³/mol. The first kappa shape index (κ1) is 55.1. The molecule has 5 amide bonds. The molecule has 0 bridgehead atoms. The topological polar surface area (TPSA) is 237 Å². The molecule has 356 valence electrons. The monoisotopic (exact) mass is 898 g/mol. The van der Waals surface area contributed by atoms with Gasteiger partial charge in [0.25, 0.3) is 0 Å². The Kier molecular flexibility index (Phi) is 30.4. The van der Waals surface area contributed by atoms with Gasteiger partial charge in [-0.2, -0.15) is 0 Å². The van der Waals surface area contributed by atoms with Crippen molar-refractivity contribution in [1.29, 1.82) is 0 Å². The van der Waals surface area contributed by atoms with Gasteiger partial charge < -0.3 is 50.6 Å². The van der Waals surface area contributed by atoms with Crippen molar-refractivity contribution in [2.45, 2.75) is 108 Å². The second-order valence-corrected chi connectivity index (χ2v) is 15.3. The van der Waals surface area contributed by atoms with Gasteiger partial charge in [0.1, 0.15) is 6.04 Å². The molecule has 2 rings (SSSR count). The van der Waals surface area contributed by atoms with Crippen LogP contribution < -0.4 is 26.6 Å². The minimum absolute atomic E-state index is 0.0165. The summed E-state index contributed by atoms with van der Waals surface area (Å²) in [5.41, 5.74) is 1.55. The first-order chi connectivity index (χ1) is 31.1. The Morgan fingerprint density at radius 2 is 0.953 bits per heavy atom. The maximum Gasteiger partial charge on any atom is 0.243 e. The lowest BCUT2D eigenvalue weighted by Crippen LogP contribution is -2.52. The fraction of sp³-hybridized carbons (Fsp3) is 0.596. The third-order valence-electron chi connectivity index (χ3n) is 10.0. The van der Waals surface area contributed by atoms with Gasteiger partial charge >= 0.3 is 0 Å². The third-order valence-corrected chi connectivity index (χ3v) is 10.0. The van der Waals surface area contributed by atoms with E-state index in [1.165, 1.54) is 0 Å². The Bertz CT molecular complexity index is 1650. The van der Waals surface area contributed by atoms with E-state index in [0.29, 0.717) is 84.8 Å². The van der Waals surface area contributed by atoms with Crippen LogP contribution in [0.1, 0.15) is 88.2 Å². The minimum atomic E-state index is -1.23. The largest absolute Gasteiger partial charge is 0.396 e. The van der Waals surface area contributed by atoms with E-state index in [2.05, 4.69) is 26.6 Å². The molecule has 0 aliphatic carbocycles. The molecule has 17 heteroatoms. The lowest BCUT2D eigenvalue weighted by molar-refractivity contribution is -0.133. The number of aliphatic hydroxyl groups excluding tert-OH is 1. The van der Waals surface area contributed by atoms with Crippen molar-refractivity contribution in [3.63, 3.8) is 0 Å². The van der Waals surface area contributed by atoms with Gasteiger partial charge in [-0.3, -0.25) is 33.6 Å². The summed E-state index contributed by atoms with van der Waals surface area (Å²) in [5, 5.41) is 23.0. The molecule has 2 aromatic rings. The van der Waals surface area contributed by atoms with E-state index in [0.717, 1.165) is 11.1 Å². The SMILES string of the molecule is COCCOCCCNC(=O)CCC(=O)C(Cc1ccccc1)NC(=O)CCC(NC(=O)CCCCCO)C(=O)NC(Cc1ccccc1)C(=O)CCC(=O)NCCCOCCOC. The summed E-state index contributed by atoms with van der Waals surface area (Å²) in [7, 11) is 3.16. The van der Waals surface area contributed by atoms with Crippen LogP contribution in [0.15, 0.2) is 60.7 Å². The molecule has 0 aliphatic heterocycles. The molecule has 0 aromatic heterocycles. The van der Waals surface area contributed by atoms with Gasteiger partial charge in [0.15, 0.2) is 11.6 Å². The van der Waals surface area contributed by atoms with E-state index in [4.69, 9.17) is 24.1 Å². The van der Waals surface area contributed by atoms with Crippen LogP contribution in [-0.4, -0.2) is 138 Å². The summed E-state index contributed by atoms with van der Waals surface area (Å²) in [4.78, 5) is 93.0. The number of nitrogens with one attached hydrogen (secondary N) is 5. The highest BCUT2D eigenvalue weighted by atomic mass is 16.5. The number of aliphatic hydroxyl groups is 1. The van der Waals surface area contributed by atoms with Gasteiger partial charge in [-0.1, -0.05) is 67.1 Å². The van der Waals surface area contributed by atoms with E-state index in [9.17, 15) is 33.6 Å². The number of unbranched alkanes of at least 4 members (excludes halogenated alkanes) is 2. The quantitative estimate of drug-likeness (QED) is 0.0533. The van der Waals surface area contributed by atoms with Crippen molar-refractivity contribution in [3.05, 3.63) is 71.8 Å². The fourth-order valence-electron chi connectivity index (χ4n) is 6.41. The molecule has 0 radical (unpaired) electrons. The van der Waals surface area contributed by atoms with Crippen molar-refractivity contribution in [2.24, 2.45) is 0 Å². The Morgan fingerprint density at radius 3 is 1.44 bits per heavy atom. The van der Waals surface area contributed by atoms with Crippen molar-refractivity contribution >= 4 is 41.1 Å². The molecule has 0 saturated heterocycles. The number of carbonyl (C=O) groups is 7. The molecule has 3 atom stereocenters. The summed E-state index contributed by atoms with van der Waals surface area (Å²) in [5.74, 6) is -3.04. The first-order valence-corrected chi connectivity index (χ1v) is 22.4. The number of ether oxygens (including phenoxy) is 4. The number of rotatable bonds is 38. The number of benzene rings is 2. The molecule has 3 unspecified atom stereocenters. The fourth-order valence-corrected chi connectivity index (χ4v) is 6.41. The number of Topliss-reactive ketones (excluding diaryl/α,β-unsaturated/α-hetero) is 2. The van der Waals surface area contributed by atoms with Gasteiger partial charge in [0.2, 0.25) is 29.5 Å². The molecule has 17 nitrogen and oxygen atoms in total. The van der Waals surface area contributed by atoms with E-state index in [1.807, 2.05) is 48.5 Å². The number of ketones is 2. The summed E-state index contributed by atoms with van der Waals surface area (Å²) >= 11 is 0. The normalized spacial score (nSPS) is 12.4. The van der Waals surface area contributed by atoms with E-state index in [-0.39, 0.29) is 87.8 Å². The molecule has 64 heavy (non-hydrogen) atoms. The summed E-state index contributed by atoms with van der Waals surface area (Å²) < 4.78 is 20.7. The van der Waals surface area contributed by atoms with Gasteiger partial charge in [-0.15, -0.1) is 0 Å². The van der Waals surface area contributed by atoms with Crippen LogP contribution in [0.25, 0.3) is 0 Å². The first-order valence-electron chi connectivity index (χ1n) is 22.4. The molecule has 0 saturated carbocycles. The Hall–Kier alpha value is -5.07. The van der Waals surface area contributed by atoms with Gasteiger partial charge in [0.05, 0.1) is 38.5 Å². The zero-order valence-electron chi connectivity index (χ0n) is 37.7. The zero-order valence-corrected chi connectivity index (χ0v) is 37.7. The zero-order chi connectivity index (χ0) is 46.6. The number of methoxy groups -OCH3 is 2. The average Bonchev–Trinajstić information content (AvgIpc) is 3.29. The highest BCUT2D eigenvalue weighted by molar-refractivity contribution is 5.95. The lowest BCUT2D eigenvalue weighted by atomic mass is 9.98. The van der Waals surface area contributed by atoms with Gasteiger partial charge in [-0.25, -0.2) is 0 Å². The molecule has 0 fully saturated rings. The van der Waals surface area contributed by atoms with Crippen LogP contribution in [0.4, 0.5) is 0 Å².